The molecule has 2 rings (SSSR count). The van der Waals surface area contributed by atoms with Crippen LogP contribution in [0.1, 0.15) is 6.42 Å². The minimum absolute atomic E-state index is 0. The Kier molecular flexibility index (Phi) is 25.5. The summed E-state index contributed by atoms with van der Waals surface area (Å²) in [6.45, 7) is 2.31. The summed E-state index contributed by atoms with van der Waals surface area (Å²) in [5.74, 6) is 0. The van der Waals surface area contributed by atoms with Crippen molar-refractivity contribution in [3.63, 3.8) is 0 Å². The van der Waals surface area contributed by atoms with E-state index in [0.29, 0.717) is 0 Å². The summed E-state index contributed by atoms with van der Waals surface area (Å²) in [7, 11) is 0. The van der Waals surface area contributed by atoms with Crippen molar-refractivity contribution in [3.05, 3.63) is 69.5 Å². The minimum Gasteiger partial charge on any atom is -0.358 e. The van der Waals surface area contributed by atoms with Gasteiger partial charge in [0, 0.05) is 0 Å². The molecule has 0 heterocycles. The molecule has 1 aromatic carbocycles. The van der Waals surface area contributed by atoms with Crippen LogP contribution in [0.5, 0.6) is 0 Å². The van der Waals surface area contributed by atoms with Crippen LogP contribution in [0, 0.1) is 20.9 Å². The van der Waals surface area contributed by atoms with Crippen LogP contribution in [0.15, 0.2) is 48.6 Å². The SMILES string of the molecule is C[Si](=[Ti])c1ccccc1.Cl.Cl.[C-]1=CC=CC1.[CH3-].[CH3-]. The van der Waals surface area contributed by atoms with E-state index in [9.17, 15) is 0 Å². The third-order valence-electron chi connectivity index (χ3n) is 1.79. The molecule has 1 aromatic rings. The van der Waals surface area contributed by atoms with Gasteiger partial charge in [-0.2, -0.15) is 6.08 Å². The van der Waals surface area contributed by atoms with Gasteiger partial charge in [-0.1, -0.05) is 0 Å². The van der Waals surface area contributed by atoms with E-state index in [-0.39, 0.29) is 45.9 Å². The molecule has 0 unspecified atom stereocenters. The summed E-state index contributed by atoms with van der Waals surface area (Å²) in [5, 5.41) is 1.52. The Labute approximate surface area is 137 Å². The van der Waals surface area contributed by atoms with Crippen molar-refractivity contribution < 1.29 is 19.2 Å². The third kappa shape index (κ3) is 12.7. The van der Waals surface area contributed by atoms with Crippen molar-refractivity contribution in [2.24, 2.45) is 0 Å². The van der Waals surface area contributed by atoms with Crippen LogP contribution < -0.4 is 5.19 Å². The first-order chi connectivity index (χ1) is 6.80. The first kappa shape index (κ1) is 26.7. The Morgan fingerprint density at radius 3 is 1.89 bits per heavy atom. The van der Waals surface area contributed by atoms with Crippen LogP contribution in [0.2, 0.25) is 6.55 Å². The summed E-state index contributed by atoms with van der Waals surface area (Å²) >= 11 is 2.31. The van der Waals surface area contributed by atoms with Crippen molar-refractivity contribution in [1.82, 2.24) is 0 Å². The molecule has 0 nitrogen and oxygen atoms in total. The van der Waals surface area contributed by atoms with Crippen LogP contribution in [0.3, 0.4) is 0 Å². The molecule has 1 aliphatic rings. The molecule has 1 aliphatic carbocycles. The van der Waals surface area contributed by atoms with E-state index in [1.54, 1.807) is 0 Å². The van der Waals surface area contributed by atoms with Gasteiger partial charge in [0.25, 0.3) is 0 Å². The topological polar surface area (TPSA) is 0 Å². The number of allylic oxidation sites excluding steroid dienone is 4. The van der Waals surface area contributed by atoms with Gasteiger partial charge in [0.1, 0.15) is 0 Å². The molecule has 0 radical (unpaired) electrons. The molecule has 0 amide bonds. The molecule has 0 atom stereocenters. The summed E-state index contributed by atoms with van der Waals surface area (Å²) in [4.78, 5) is 0. The predicted octanol–water partition coefficient (Wildman–Crippen LogP) is 4.11. The smallest absolute Gasteiger partial charge is 0.109 e. The van der Waals surface area contributed by atoms with Crippen LogP contribution in [-0.4, -0.2) is 6.19 Å². The van der Waals surface area contributed by atoms with Gasteiger partial charge in [-0.05, 0) is 0 Å². The molecule has 0 spiro atoms. The number of hydrogen-bond acceptors (Lipinski definition) is 0. The first-order valence-corrected chi connectivity index (χ1v) is 8.97. The largest absolute Gasteiger partial charge is 0.358 e. The number of halogens is 2. The van der Waals surface area contributed by atoms with Crippen LogP contribution in [0.25, 0.3) is 0 Å². The predicted molar refractivity (Wildman–Crippen MR) is 86.6 cm³/mol. The van der Waals surface area contributed by atoms with E-state index < -0.39 is 0 Å². The zero-order valence-electron chi connectivity index (χ0n) is 11.1. The van der Waals surface area contributed by atoms with E-state index in [2.05, 4.69) is 68.2 Å². The standard InChI is InChI=1S/C7H8Si.C5H5.2CH3.2ClH.Ti/c1-8-7-5-3-2-4-6-7;1-2-4-5-3-1;;;;;/h2-6H,1H3;1-3H,4H2;2*1H3;2*1H;/q;3*-1;;;. The van der Waals surface area contributed by atoms with Gasteiger partial charge in [-0.25, -0.2) is 12.2 Å². The van der Waals surface area contributed by atoms with Crippen molar-refractivity contribution in [2.45, 2.75) is 13.0 Å². The third-order valence-corrected chi connectivity index (χ3v) is 4.34. The fourth-order valence-electron chi connectivity index (χ4n) is 1.03. The Bertz CT molecular complexity index is 338. The van der Waals surface area contributed by atoms with Crippen molar-refractivity contribution in [2.75, 3.05) is 0 Å². The molecule has 0 saturated carbocycles. The van der Waals surface area contributed by atoms with Gasteiger partial charge in [0.2, 0.25) is 0 Å². The van der Waals surface area contributed by atoms with Crippen molar-refractivity contribution >= 4 is 36.2 Å². The zero-order chi connectivity index (χ0) is 10.2. The van der Waals surface area contributed by atoms with Crippen molar-refractivity contribution in [1.29, 1.82) is 0 Å². The molecule has 4 heteroatoms. The summed E-state index contributed by atoms with van der Waals surface area (Å²) in [5.41, 5.74) is 0. The number of rotatable bonds is 1. The van der Waals surface area contributed by atoms with Gasteiger partial charge in [-0.15, -0.1) is 31.2 Å². The average molecular weight is 336 g/mol. The second kappa shape index (κ2) is 17.2. The normalized spacial score (nSPS) is 9.33. The van der Waals surface area contributed by atoms with Gasteiger partial charge < -0.3 is 14.9 Å². The van der Waals surface area contributed by atoms with Gasteiger partial charge in [0.15, 0.2) is 0 Å². The number of benzene rings is 1. The van der Waals surface area contributed by atoms with Crippen LogP contribution >= 0.6 is 24.8 Å². The molecular formula is C14H21Cl2SiTi-3. The van der Waals surface area contributed by atoms with Gasteiger partial charge in [-0.3, -0.25) is 6.08 Å². The van der Waals surface area contributed by atoms with E-state index in [1.807, 2.05) is 12.2 Å². The Balaban J connectivity index is -0.0000000969. The van der Waals surface area contributed by atoms with Crippen molar-refractivity contribution in [3.8, 4) is 0 Å². The summed E-state index contributed by atoms with van der Waals surface area (Å²) in [6, 6.07) is 10.7. The Morgan fingerprint density at radius 1 is 1.11 bits per heavy atom. The molecule has 0 N–H and O–H groups in total. The fourth-order valence-corrected chi connectivity index (χ4v) is 2.50. The average Bonchev–Trinajstić information content (AvgIpc) is 2.77. The molecule has 0 aliphatic heterocycles. The number of hydrogen-bond donors (Lipinski definition) is 0. The van der Waals surface area contributed by atoms with Crippen LogP contribution in [-0.2, 0) is 19.2 Å². The van der Waals surface area contributed by atoms with E-state index >= 15 is 0 Å². The maximum Gasteiger partial charge on any atom is -0.109 e. The van der Waals surface area contributed by atoms with E-state index in [1.165, 1.54) is 5.19 Å². The molecule has 102 valence electrons. The molecular weight excluding hydrogens is 315 g/mol. The maximum absolute atomic E-state index is 2.99. The van der Waals surface area contributed by atoms with Gasteiger partial charge in [0.05, 0.1) is 0 Å². The fraction of sp³-hybridized carbons (Fsp3) is 0.143. The second-order valence-electron chi connectivity index (χ2n) is 2.99. The van der Waals surface area contributed by atoms with E-state index in [4.69, 9.17) is 0 Å². The van der Waals surface area contributed by atoms with Crippen LogP contribution in [0.4, 0.5) is 0 Å². The molecule has 18 heavy (non-hydrogen) atoms. The molecule has 0 fully saturated rings. The minimum atomic E-state index is -0.212. The quantitative estimate of drug-likeness (QED) is 0.535. The Hall–Kier alpha value is 0.211. The monoisotopic (exact) mass is 335 g/mol. The zero-order valence-corrected chi connectivity index (χ0v) is 15.3. The summed E-state index contributed by atoms with van der Waals surface area (Å²) in [6.07, 6.45) is 9.79. The van der Waals surface area contributed by atoms with E-state index in [0.717, 1.165) is 6.42 Å². The first-order valence-electron chi connectivity index (χ1n) is 4.63. The molecule has 0 aromatic heterocycles. The maximum atomic E-state index is 2.99. The molecule has 0 saturated heterocycles. The Morgan fingerprint density at radius 2 is 1.67 bits per heavy atom. The van der Waals surface area contributed by atoms with Gasteiger partial charge >= 0.3 is 67.4 Å². The summed E-state index contributed by atoms with van der Waals surface area (Å²) < 4.78 is 0. The molecule has 0 bridgehead atoms. The second-order valence-corrected chi connectivity index (χ2v) is 8.33.